The van der Waals surface area contributed by atoms with E-state index in [4.69, 9.17) is 0 Å². The first-order chi connectivity index (χ1) is 6.13. The van der Waals surface area contributed by atoms with Crippen molar-refractivity contribution in [2.45, 2.75) is 38.6 Å². The van der Waals surface area contributed by atoms with E-state index in [1.54, 1.807) is 0 Å². The van der Waals surface area contributed by atoms with Crippen molar-refractivity contribution in [2.24, 2.45) is 0 Å². The third-order valence-corrected chi connectivity index (χ3v) is 1.78. The van der Waals surface area contributed by atoms with Gasteiger partial charge in [-0.15, -0.1) is 0 Å². The molecule has 0 amide bonds. The van der Waals surface area contributed by atoms with Crippen LogP contribution in [0.25, 0.3) is 0 Å². The fourth-order valence-corrected chi connectivity index (χ4v) is 1.02. The van der Waals surface area contributed by atoms with E-state index >= 15 is 0 Å². The Hall–Kier alpha value is -1.26. The van der Waals surface area contributed by atoms with Crippen LogP contribution in [0, 0.1) is 10.1 Å². The van der Waals surface area contributed by atoms with Crippen LogP contribution < -0.4 is 0 Å². The Kier molecular flexibility index (Phi) is 5.67. The van der Waals surface area contributed by atoms with Crippen molar-refractivity contribution in [2.75, 3.05) is 0 Å². The molecule has 5 nitrogen and oxygen atoms in total. The van der Waals surface area contributed by atoms with Crippen LogP contribution in [0.15, 0.2) is 0 Å². The van der Waals surface area contributed by atoms with Crippen molar-refractivity contribution < 1.29 is 14.5 Å². The van der Waals surface area contributed by atoms with E-state index < -0.39 is 16.7 Å². The summed E-state index contributed by atoms with van der Waals surface area (Å²) < 4.78 is 0. The lowest BCUT2D eigenvalue weighted by Crippen LogP contribution is -2.30. The molecule has 0 heterocycles. The molecule has 1 atom stereocenters. The van der Waals surface area contributed by atoms with Gasteiger partial charge in [0.15, 0.2) is 6.29 Å². The van der Waals surface area contributed by atoms with E-state index in [1.807, 2.05) is 6.92 Å². The van der Waals surface area contributed by atoms with Crippen molar-refractivity contribution in [3.05, 3.63) is 10.1 Å². The highest BCUT2D eigenvalue weighted by Gasteiger charge is 2.27. The zero-order chi connectivity index (χ0) is 10.3. The summed E-state index contributed by atoms with van der Waals surface area (Å²) in [4.78, 5) is 30.4. The van der Waals surface area contributed by atoms with Gasteiger partial charge in [0.1, 0.15) is 0 Å². The molecule has 74 valence electrons. The molecule has 5 heteroatoms. The molecule has 0 aromatic heterocycles. The number of carbonyl (C=O) groups excluding carboxylic acids is 2. The molecule has 0 radical (unpaired) electrons. The van der Waals surface area contributed by atoms with E-state index in [0.29, 0.717) is 6.42 Å². The van der Waals surface area contributed by atoms with Crippen LogP contribution in [-0.4, -0.2) is 23.0 Å². The molecule has 0 aliphatic carbocycles. The lowest BCUT2D eigenvalue weighted by Gasteiger charge is -2.03. The van der Waals surface area contributed by atoms with E-state index in [1.165, 1.54) is 0 Å². The second kappa shape index (κ2) is 6.28. The van der Waals surface area contributed by atoms with Gasteiger partial charge in [-0.25, -0.2) is 0 Å². The second-order valence-corrected chi connectivity index (χ2v) is 2.82. The third kappa shape index (κ3) is 4.35. The summed E-state index contributed by atoms with van der Waals surface area (Å²) in [5.74, 6) is -0.930. The summed E-state index contributed by atoms with van der Waals surface area (Å²) in [6.45, 7) is 1.96. The molecule has 0 N–H and O–H groups in total. The van der Waals surface area contributed by atoms with E-state index in [0.717, 1.165) is 12.8 Å². The summed E-state index contributed by atoms with van der Waals surface area (Å²) in [6.07, 6.45) is 2.58. The molecule has 0 aromatic carbocycles. The Morgan fingerprint density at radius 1 is 1.54 bits per heavy atom. The van der Waals surface area contributed by atoms with Gasteiger partial charge in [-0.05, 0) is 6.42 Å². The number of unbranched alkanes of at least 4 members (excludes halogenated alkanes) is 2. The molecular formula is C8H13NO4. The van der Waals surface area contributed by atoms with Gasteiger partial charge in [0.2, 0.25) is 0 Å². The highest BCUT2D eigenvalue weighted by molar-refractivity contribution is 6.26. The Morgan fingerprint density at radius 2 is 2.15 bits per heavy atom. The van der Waals surface area contributed by atoms with Crippen LogP contribution in [0.1, 0.15) is 32.6 Å². The highest BCUT2D eigenvalue weighted by atomic mass is 16.6. The zero-order valence-electron chi connectivity index (χ0n) is 7.56. The van der Waals surface area contributed by atoms with Gasteiger partial charge >= 0.3 is 0 Å². The highest BCUT2D eigenvalue weighted by Crippen LogP contribution is 2.06. The molecule has 13 heavy (non-hydrogen) atoms. The smallest absolute Gasteiger partial charge is 0.277 e. The molecular weight excluding hydrogens is 174 g/mol. The molecule has 0 aliphatic rings. The Morgan fingerprint density at radius 3 is 2.54 bits per heavy atom. The van der Waals surface area contributed by atoms with Crippen molar-refractivity contribution >= 4 is 12.1 Å². The number of nitrogens with zero attached hydrogens (tertiary/aromatic N) is 1. The Balaban J connectivity index is 4.03. The molecule has 1 unspecified atom stereocenters. The lowest BCUT2D eigenvalue weighted by molar-refractivity contribution is -0.507. The minimum absolute atomic E-state index is 0.0272. The second-order valence-electron chi connectivity index (χ2n) is 2.82. The largest absolute Gasteiger partial charge is 0.294 e. The van der Waals surface area contributed by atoms with Crippen molar-refractivity contribution in [3.8, 4) is 0 Å². The summed E-state index contributed by atoms with van der Waals surface area (Å²) in [7, 11) is 0. The van der Waals surface area contributed by atoms with Crippen LogP contribution in [0.3, 0.4) is 0 Å². The SMILES string of the molecule is CCCCCC(C(=O)C=O)[N+](=O)[O-]. The fourth-order valence-electron chi connectivity index (χ4n) is 1.02. The van der Waals surface area contributed by atoms with Gasteiger partial charge < -0.3 is 0 Å². The normalized spacial score (nSPS) is 12.1. The summed E-state index contributed by atoms with van der Waals surface area (Å²) in [5.41, 5.74) is 0. The lowest BCUT2D eigenvalue weighted by atomic mass is 10.1. The van der Waals surface area contributed by atoms with Gasteiger partial charge in [0.05, 0.1) is 0 Å². The maximum Gasteiger partial charge on any atom is 0.277 e. The topological polar surface area (TPSA) is 77.3 Å². The van der Waals surface area contributed by atoms with Gasteiger partial charge in [-0.3, -0.25) is 19.7 Å². The molecule has 0 bridgehead atoms. The molecule has 0 aromatic rings. The first-order valence-electron chi connectivity index (χ1n) is 4.26. The van der Waals surface area contributed by atoms with Crippen LogP contribution in [0.4, 0.5) is 0 Å². The summed E-state index contributed by atoms with van der Waals surface area (Å²) >= 11 is 0. The maximum atomic E-state index is 10.7. The number of carbonyl (C=O) groups is 2. The Labute approximate surface area is 76.3 Å². The predicted octanol–water partition coefficient (Wildman–Crippen LogP) is 0.980. The van der Waals surface area contributed by atoms with E-state index in [-0.39, 0.29) is 12.7 Å². The molecule has 0 rings (SSSR count). The quantitative estimate of drug-likeness (QED) is 0.196. The number of hydrogen-bond donors (Lipinski definition) is 0. The summed E-state index contributed by atoms with van der Waals surface area (Å²) in [6, 6.07) is -1.33. The molecule has 0 fully saturated rings. The fraction of sp³-hybridized carbons (Fsp3) is 0.750. The van der Waals surface area contributed by atoms with Crippen molar-refractivity contribution in [1.29, 1.82) is 0 Å². The van der Waals surface area contributed by atoms with Gasteiger partial charge in [-0.2, -0.15) is 0 Å². The molecule has 0 aliphatic heterocycles. The minimum Gasteiger partial charge on any atom is -0.294 e. The number of aldehydes is 1. The molecule has 0 saturated carbocycles. The number of ketones is 1. The first-order valence-corrected chi connectivity index (χ1v) is 4.26. The third-order valence-electron chi connectivity index (χ3n) is 1.78. The van der Waals surface area contributed by atoms with E-state index in [2.05, 4.69) is 0 Å². The van der Waals surface area contributed by atoms with Gasteiger partial charge in [0.25, 0.3) is 11.8 Å². The number of rotatable bonds is 7. The number of hydrogen-bond acceptors (Lipinski definition) is 4. The van der Waals surface area contributed by atoms with Gasteiger partial charge in [0, 0.05) is 11.3 Å². The van der Waals surface area contributed by atoms with Crippen molar-refractivity contribution in [1.82, 2.24) is 0 Å². The van der Waals surface area contributed by atoms with Crippen molar-refractivity contribution in [3.63, 3.8) is 0 Å². The summed E-state index contributed by atoms with van der Waals surface area (Å²) in [5, 5.41) is 10.3. The maximum absolute atomic E-state index is 10.7. The first kappa shape index (κ1) is 11.7. The average Bonchev–Trinajstić information content (AvgIpc) is 2.11. The zero-order valence-corrected chi connectivity index (χ0v) is 7.56. The van der Waals surface area contributed by atoms with Gasteiger partial charge in [-0.1, -0.05) is 19.8 Å². The minimum atomic E-state index is -1.33. The average molecular weight is 187 g/mol. The van der Waals surface area contributed by atoms with E-state index in [9.17, 15) is 19.7 Å². The number of nitro groups is 1. The monoisotopic (exact) mass is 187 g/mol. The molecule has 0 spiro atoms. The van der Waals surface area contributed by atoms with Crippen LogP contribution >= 0.6 is 0 Å². The number of Topliss-reactive ketones (excluding diaryl/α,β-unsaturated/α-hetero) is 1. The molecule has 0 saturated heterocycles. The standard InChI is InChI=1S/C8H13NO4/c1-2-3-4-5-7(9(12)13)8(11)6-10/h6-7H,2-5H2,1H3. The van der Waals surface area contributed by atoms with Crippen LogP contribution in [0.2, 0.25) is 0 Å². The predicted molar refractivity (Wildman–Crippen MR) is 46.0 cm³/mol. The van der Waals surface area contributed by atoms with Crippen LogP contribution in [0.5, 0.6) is 0 Å². The van der Waals surface area contributed by atoms with Crippen LogP contribution in [-0.2, 0) is 9.59 Å². The Bertz CT molecular complexity index is 202.